The number of hydrogen-bond donors (Lipinski definition) is 3. The van der Waals surface area contributed by atoms with Crippen LogP contribution in [0.2, 0.25) is 0 Å². The Labute approximate surface area is 150 Å². The van der Waals surface area contributed by atoms with Crippen LogP contribution < -0.4 is 11.1 Å². The monoisotopic (exact) mass is 358 g/mol. The van der Waals surface area contributed by atoms with Gasteiger partial charge in [0, 0.05) is 30.9 Å². The van der Waals surface area contributed by atoms with Gasteiger partial charge in [-0.3, -0.25) is 4.79 Å². The normalized spacial score (nSPS) is 24.4. The molecule has 132 valence electrons. The maximum absolute atomic E-state index is 12.7. The van der Waals surface area contributed by atoms with Gasteiger partial charge in [-0.2, -0.15) is 0 Å². The number of carbonyl (C=O) groups excluding carboxylic acids is 1. The van der Waals surface area contributed by atoms with Gasteiger partial charge in [-0.05, 0) is 24.0 Å². The first kappa shape index (κ1) is 16.5. The van der Waals surface area contributed by atoms with Gasteiger partial charge >= 0.3 is 0 Å². The minimum absolute atomic E-state index is 0.0438. The minimum atomic E-state index is -0.600. The SMILES string of the molecule is CNc1nc(C(=O)N2CCC3(CC2)c2ccccc2[C@@H](N)[C@@H]3O)cs1. The Morgan fingerprint density at radius 3 is 2.80 bits per heavy atom. The highest BCUT2D eigenvalue weighted by atomic mass is 32.1. The summed E-state index contributed by atoms with van der Waals surface area (Å²) >= 11 is 1.43. The maximum atomic E-state index is 12.7. The Kier molecular flexibility index (Phi) is 4.02. The highest BCUT2D eigenvalue weighted by Gasteiger charge is 2.51. The zero-order valence-electron chi connectivity index (χ0n) is 14.1. The number of nitrogens with one attached hydrogen (secondary N) is 1. The van der Waals surface area contributed by atoms with Gasteiger partial charge in [0.1, 0.15) is 5.69 Å². The van der Waals surface area contributed by atoms with Crippen LogP contribution in [0.1, 0.15) is 40.5 Å². The van der Waals surface area contributed by atoms with Crippen LogP contribution in [0.4, 0.5) is 5.13 Å². The fourth-order valence-corrected chi connectivity index (χ4v) is 4.88. The van der Waals surface area contributed by atoms with Gasteiger partial charge in [0.15, 0.2) is 5.13 Å². The predicted molar refractivity (Wildman–Crippen MR) is 97.9 cm³/mol. The molecular weight excluding hydrogens is 336 g/mol. The van der Waals surface area contributed by atoms with Crippen LogP contribution >= 0.6 is 11.3 Å². The van der Waals surface area contributed by atoms with Crippen LogP contribution in [0.25, 0.3) is 0 Å². The summed E-state index contributed by atoms with van der Waals surface area (Å²) < 4.78 is 0. The van der Waals surface area contributed by atoms with Gasteiger partial charge in [-0.1, -0.05) is 24.3 Å². The average Bonchev–Trinajstić information content (AvgIpc) is 3.22. The van der Waals surface area contributed by atoms with Gasteiger partial charge in [0.25, 0.3) is 5.91 Å². The van der Waals surface area contributed by atoms with Crippen LogP contribution in [0.5, 0.6) is 0 Å². The molecule has 2 aromatic rings. The van der Waals surface area contributed by atoms with Gasteiger partial charge in [0.2, 0.25) is 0 Å². The van der Waals surface area contributed by atoms with Crippen molar-refractivity contribution >= 4 is 22.4 Å². The number of benzene rings is 1. The van der Waals surface area contributed by atoms with Crippen molar-refractivity contribution < 1.29 is 9.90 Å². The summed E-state index contributed by atoms with van der Waals surface area (Å²) in [5.74, 6) is -0.0438. The number of aromatic nitrogens is 1. The molecule has 0 saturated carbocycles. The van der Waals surface area contributed by atoms with E-state index in [2.05, 4.69) is 16.4 Å². The standard InChI is InChI=1S/C18H22N4O2S/c1-20-17-21-13(10-25-17)16(24)22-8-6-18(7-9-22)12-5-3-2-4-11(12)14(19)15(18)23/h2-5,10,14-15,23H,6-9,19H2,1H3,(H,20,21)/t14-,15+/m1/s1. The van der Waals surface area contributed by atoms with Crippen molar-refractivity contribution in [2.75, 3.05) is 25.5 Å². The zero-order chi connectivity index (χ0) is 17.6. The quantitative estimate of drug-likeness (QED) is 0.760. The third kappa shape index (κ3) is 2.46. The number of piperidine rings is 1. The first-order chi connectivity index (χ1) is 12.1. The van der Waals surface area contributed by atoms with E-state index in [0.717, 1.165) is 16.3 Å². The van der Waals surface area contributed by atoms with Crippen molar-refractivity contribution in [1.29, 1.82) is 0 Å². The molecule has 1 saturated heterocycles. The first-order valence-corrected chi connectivity index (χ1v) is 9.40. The average molecular weight is 358 g/mol. The van der Waals surface area contributed by atoms with E-state index < -0.39 is 6.10 Å². The fourth-order valence-electron chi connectivity index (χ4n) is 4.24. The number of rotatable bonds is 2. The molecule has 6 nitrogen and oxygen atoms in total. The maximum Gasteiger partial charge on any atom is 0.273 e. The summed E-state index contributed by atoms with van der Waals surface area (Å²) in [5, 5.41) is 16.3. The summed E-state index contributed by atoms with van der Waals surface area (Å²) in [6.45, 7) is 1.20. The lowest BCUT2D eigenvalue weighted by molar-refractivity contribution is 0.0260. The lowest BCUT2D eigenvalue weighted by Gasteiger charge is -2.42. The zero-order valence-corrected chi connectivity index (χ0v) is 14.9. The number of aliphatic hydroxyl groups excluding tert-OH is 1. The number of carbonyl (C=O) groups is 1. The molecule has 1 spiro atoms. The molecule has 1 fully saturated rings. The van der Waals surface area contributed by atoms with Crippen LogP contribution in [0.3, 0.4) is 0 Å². The summed E-state index contributed by atoms with van der Waals surface area (Å²) in [4.78, 5) is 18.8. The molecule has 0 radical (unpaired) electrons. The highest BCUT2D eigenvalue weighted by molar-refractivity contribution is 7.13. The van der Waals surface area contributed by atoms with E-state index >= 15 is 0 Å². The molecule has 4 N–H and O–H groups in total. The van der Waals surface area contributed by atoms with Crippen LogP contribution in [-0.4, -0.2) is 47.1 Å². The number of aliphatic hydroxyl groups is 1. The number of hydrogen-bond acceptors (Lipinski definition) is 6. The molecule has 4 rings (SSSR count). The number of nitrogens with zero attached hydrogens (tertiary/aromatic N) is 2. The van der Waals surface area contributed by atoms with E-state index in [0.29, 0.717) is 31.6 Å². The van der Waals surface area contributed by atoms with Crippen molar-refractivity contribution in [3.8, 4) is 0 Å². The Balaban J connectivity index is 1.54. The molecule has 1 aromatic carbocycles. The Hall–Kier alpha value is -1.96. The second-order valence-corrected chi connectivity index (χ2v) is 7.65. The summed E-state index contributed by atoms with van der Waals surface area (Å²) in [7, 11) is 1.79. The summed E-state index contributed by atoms with van der Waals surface area (Å²) in [6.07, 6.45) is 0.832. The van der Waals surface area contributed by atoms with E-state index in [1.54, 1.807) is 12.4 Å². The number of anilines is 1. The smallest absolute Gasteiger partial charge is 0.273 e. The topological polar surface area (TPSA) is 91.5 Å². The number of fused-ring (bicyclic) bond motifs is 2. The molecule has 1 aliphatic carbocycles. The molecule has 0 unspecified atom stereocenters. The first-order valence-electron chi connectivity index (χ1n) is 8.52. The van der Waals surface area contributed by atoms with Crippen molar-refractivity contribution in [3.05, 3.63) is 46.5 Å². The molecule has 1 amide bonds. The van der Waals surface area contributed by atoms with E-state index in [9.17, 15) is 9.90 Å². The summed E-state index contributed by atoms with van der Waals surface area (Å²) in [5.41, 5.74) is 8.57. The Bertz CT molecular complexity index is 798. The van der Waals surface area contributed by atoms with Crippen LogP contribution in [-0.2, 0) is 5.41 Å². The van der Waals surface area contributed by atoms with Gasteiger partial charge in [0.05, 0.1) is 12.1 Å². The van der Waals surface area contributed by atoms with Gasteiger partial charge < -0.3 is 21.1 Å². The predicted octanol–water partition coefficient (Wildman–Crippen LogP) is 1.73. The van der Waals surface area contributed by atoms with E-state index in [4.69, 9.17) is 5.73 Å². The van der Waals surface area contributed by atoms with Crippen molar-refractivity contribution in [2.24, 2.45) is 5.73 Å². The molecule has 25 heavy (non-hydrogen) atoms. The molecule has 1 aromatic heterocycles. The van der Waals surface area contributed by atoms with Crippen LogP contribution in [0.15, 0.2) is 29.6 Å². The van der Waals surface area contributed by atoms with Gasteiger partial charge in [-0.25, -0.2) is 4.98 Å². The Morgan fingerprint density at radius 2 is 2.12 bits per heavy atom. The second-order valence-electron chi connectivity index (χ2n) is 6.79. The van der Waals surface area contributed by atoms with Gasteiger partial charge in [-0.15, -0.1) is 11.3 Å². The van der Waals surface area contributed by atoms with Crippen LogP contribution in [0, 0.1) is 0 Å². The van der Waals surface area contributed by atoms with E-state index in [1.807, 2.05) is 23.1 Å². The molecule has 2 aliphatic rings. The summed E-state index contributed by atoms with van der Waals surface area (Å²) in [6, 6.07) is 7.68. The molecular formula is C18H22N4O2S. The largest absolute Gasteiger partial charge is 0.390 e. The highest BCUT2D eigenvalue weighted by Crippen LogP contribution is 2.50. The number of nitrogens with two attached hydrogens (primary N) is 1. The third-order valence-electron chi connectivity index (χ3n) is 5.64. The molecule has 1 aliphatic heterocycles. The van der Waals surface area contributed by atoms with Crippen molar-refractivity contribution in [2.45, 2.75) is 30.4 Å². The fraction of sp³-hybridized carbons (Fsp3) is 0.444. The minimum Gasteiger partial charge on any atom is -0.390 e. The number of thiazole rings is 1. The molecule has 2 heterocycles. The lowest BCUT2D eigenvalue weighted by atomic mass is 9.72. The lowest BCUT2D eigenvalue weighted by Crippen LogP contribution is -2.50. The third-order valence-corrected chi connectivity index (χ3v) is 6.50. The van der Waals surface area contributed by atoms with E-state index in [1.165, 1.54) is 11.3 Å². The Morgan fingerprint density at radius 1 is 1.40 bits per heavy atom. The van der Waals surface area contributed by atoms with Crippen molar-refractivity contribution in [3.63, 3.8) is 0 Å². The molecule has 0 bridgehead atoms. The number of likely N-dealkylation sites (tertiary alicyclic amines) is 1. The van der Waals surface area contributed by atoms with E-state index in [-0.39, 0.29) is 17.4 Å². The molecule has 2 atom stereocenters. The van der Waals surface area contributed by atoms with Crippen molar-refractivity contribution in [1.82, 2.24) is 9.88 Å². The second kappa shape index (κ2) is 6.09. The molecule has 7 heteroatoms. The number of amides is 1.